The molecule has 0 unspecified atom stereocenters. The molecule has 2 aliphatic rings. The Balaban J connectivity index is 0.000000158. The summed E-state index contributed by atoms with van der Waals surface area (Å²) in [7, 11) is 0. The van der Waals surface area contributed by atoms with Crippen molar-refractivity contribution in [3.63, 3.8) is 0 Å². The molecule has 2 fully saturated rings. The zero-order valence-corrected chi connectivity index (χ0v) is 35.5. The van der Waals surface area contributed by atoms with Crippen molar-refractivity contribution >= 4 is 55.8 Å². The van der Waals surface area contributed by atoms with E-state index in [2.05, 4.69) is 48.8 Å². The minimum absolute atomic E-state index is 0.0320. The molecule has 0 radical (unpaired) electrons. The van der Waals surface area contributed by atoms with Crippen LogP contribution in [0.25, 0.3) is 32.4 Å². The van der Waals surface area contributed by atoms with Gasteiger partial charge in [0.25, 0.3) is 5.69 Å². The highest BCUT2D eigenvalue weighted by molar-refractivity contribution is 7.15. The second kappa shape index (κ2) is 18.1. The molecule has 6 heterocycles. The third-order valence-electron chi connectivity index (χ3n) is 11.2. The van der Waals surface area contributed by atoms with Gasteiger partial charge in [-0.25, -0.2) is 9.97 Å². The van der Waals surface area contributed by atoms with Gasteiger partial charge in [-0.2, -0.15) is 0 Å². The van der Waals surface area contributed by atoms with E-state index in [9.17, 15) is 19.7 Å². The molecule has 0 spiro atoms. The summed E-state index contributed by atoms with van der Waals surface area (Å²) in [5.74, 6) is 0.273. The number of rotatable bonds is 11. The molecule has 4 aromatic carbocycles. The van der Waals surface area contributed by atoms with E-state index in [-0.39, 0.29) is 17.5 Å². The summed E-state index contributed by atoms with van der Waals surface area (Å²) < 4.78 is 4.01. The van der Waals surface area contributed by atoms with Gasteiger partial charge >= 0.3 is 0 Å². The van der Waals surface area contributed by atoms with Gasteiger partial charge in [-0.05, 0) is 23.3 Å². The van der Waals surface area contributed by atoms with Crippen molar-refractivity contribution < 1.29 is 14.5 Å². The molecule has 10 rings (SSSR count). The SMILES string of the molecule is Nc1ccccc1-c1cn2c(CN3CCN(Cc4ccccc4)CC3=O)csc2n1.O=C1CN(Cc2ccccc2)CCN1Cc1csc2nc(-c3ccccc3[N+](=O)[O-])cn12. The molecule has 2 N–H and O–H groups in total. The highest BCUT2D eigenvalue weighted by atomic mass is 32.1. The molecule has 14 nitrogen and oxygen atoms in total. The van der Waals surface area contributed by atoms with Crippen LogP contribution < -0.4 is 5.73 Å². The molecule has 4 aromatic heterocycles. The number of aromatic nitrogens is 4. The average molecular weight is 865 g/mol. The second-order valence-electron chi connectivity index (χ2n) is 15.4. The predicted octanol–water partition coefficient (Wildman–Crippen LogP) is 7.30. The lowest BCUT2D eigenvalue weighted by Gasteiger charge is -2.34. The minimum atomic E-state index is -0.392. The molecule has 0 aliphatic carbocycles. The molecule has 8 aromatic rings. The van der Waals surface area contributed by atoms with Gasteiger partial charge in [-0.3, -0.25) is 38.3 Å². The Morgan fingerprint density at radius 3 is 1.52 bits per heavy atom. The van der Waals surface area contributed by atoms with Gasteiger partial charge in [0.05, 0.1) is 59.4 Å². The van der Waals surface area contributed by atoms with Crippen molar-refractivity contribution in [2.45, 2.75) is 26.2 Å². The minimum Gasteiger partial charge on any atom is -0.398 e. The van der Waals surface area contributed by atoms with E-state index in [0.717, 1.165) is 71.0 Å². The maximum absolute atomic E-state index is 12.8. The Kier molecular flexibility index (Phi) is 11.9. The molecule has 2 amide bonds. The fourth-order valence-corrected chi connectivity index (χ4v) is 9.65. The van der Waals surface area contributed by atoms with E-state index >= 15 is 0 Å². The van der Waals surface area contributed by atoms with Crippen LogP contribution in [-0.4, -0.2) is 94.4 Å². The normalized spacial score (nSPS) is 15.0. The largest absolute Gasteiger partial charge is 0.398 e. The van der Waals surface area contributed by atoms with Crippen molar-refractivity contribution in [1.82, 2.24) is 38.4 Å². The molecule has 16 heteroatoms. The smallest absolute Gasteiger partial charge is 0.278 e. The summed E-state index contributed by atoms with van der Waals surface area (Å²) >= 11 is 3.06. The number of fused-ring (bicyclic) bond motifs is 2. The number of anilines is 1. The standard InChI is InChI=1S/C23H21N5O3S.C23H23N5OS/c29-22-15-25(12-17-6-2-1-3-7-17)10-11-26(22)13-18-16-32-23-24-20(14-27(18)23)19-8-4-5-9-21(19)28(30)31;24-20-9-5-4-8-19(20)21-14-28-18(16-30-23(28)25-21)13-27-11-10-26(15-22(27)29)12-17-6-2-1-3-7-17/h1-9,14,16H,10-13,15H2;1-9,14,16H,10-13,15,24H2. The first-order valence-electron chi connectivity index (χ1n) is 20.3. The van der Waals surface area contributed by atoms with E-state index in [1.165, 1.54) is 28.5 Å². The van der Waals surface area contributed by atoms with Gasteiger partial charge in [0.1, 0.15) is 0 Å². The van der Waals surface area contributed by atoms with Crippen molar-refractivity contribution in [2.24, 2.45) is 0 Å². The first-order chi connectivity index (χ1) is 30.3. The Bertz CT molecular complexity index is 2850. The molecule has 314 valence electrons. The summed E-state index contributed by atoms with van der Waals surface area (Å²) in [5, 5.41) is 15.5. The van der Waals surface area contributed by atoms with Crippen LogP contribution in [0.5, 0.6) is 0 Å². The molecule has 0 atom stereocenters. The van der Waals surface area contributed by atoms with Gasteiger partial charge in [-0.1, -0.05) is 91.0 Å². The molecular weight excluding hydrogens is 821 g/mol. The number of thiazole rings is 2. The van der Waals surface area contributed by atoms with Crippen LogP contribution in [0.1, 0.15) is 22.5 Å². The molecule has 0 saturated carbocycles. The zero-order valence-electron chi connectivity index (χ0n) is 33.8. The topological polar surface area (TPSA) is 151 Å². The van der Waals surface area contributed by atoms with Crippen LogP contribution in [0.4, 0.5) is 11.4 Å². The van der Waals surface area contributed by atoms with E-state index in [0.29, 0.717) is 44.0 Å². The van der Waals surface area contributed by atoms with Crippen LogP contribution in [0.15, 0.2) is 132 Å². The zero-order chi connectivity index (χ0) is 42.6. The number of hydrogen-bond acceptors (Lipinski definition) is 11. The fourth-order valence-electron chi connectivity index (χ4n) is 7.92. The number of hydrogen-bond donors (Lipinski definition) is 1. The monoisotopic (exact) mass is 864 g/mol. The lowest BCUT2D eigenvalue weighted by Crippen LogP contribution is -2.49. The second-order valence-corrected chi connectivity index (χ2v) is 17.1. The highest BCUT2D eigenvalue weighted by Gasteiger charge is 2.27. The number of para-hydroxylation sites is 2. The lowest BCUT2D eigenvalue weighted by molar-refractivity contribution is -0.384. The van der Waals surface area contributed by atoms with Crippen molar-refractivity contribution in [1.29, 1.82) is 0 Å². The molecule has 62 heavy (non-hydrogen) atoms. The quantitative estimate of drug-likeness (QED) is 0.0803. The third-order valence-corrected chi connectivity index (χ3v) is 13.0. The number of carbonyl (C=O) groups excluding carboxylic acids is 2. The summed E-state index contributed by atoms with van der Waals surface area (Å²) in [6, 6.07) is 34.8. The van der Waals surface area contributed by atoms with Gasteiger partial charge in [-0.15, -0.1) is 22.7 Å². The maximum atomic E-state index is 12.8. The first-order valence-corrected chi connectivity index (χ1v) is 22.1. The number of carbonyl (C=O) groups is 2. The average Bonchev–Trinajstić information content (AvgIpc) is 4.07. The molecular formula is C46H44N10O4S2. The highest BCUT2D eigenvalue weighted by Crippen LogP contribution is 2.32. The predicted molar refractivity (Wildman–Crippen MR) is 242 cm³/mol. The maximum Gasteiger partial charge on any atom is 0.278 e. The summed E-state index contributed by atoms with van der Waals surface area (Å²) in [6.45, 7) is 6.61. The van der Waals surface area contributed by atoms with Gasteiger partial charge in [0.2, 0.25) is 11.8 Å². The van der Waals surface area contributed by atoms with E-state index in [1.54, 1.807) is 29.5 Å². The van der Waals surface area contributed by atoms with Gasteiger partial charge in [0.15, 0.2) is 9.92 Å². The van der Waals surface area contributed by atoms with Gasteiger partial charge < -0.3 is 15.5 Å². The number of amides is 2. The van der Waals surface area contributed by atoms with Crippen LogP contribution in [0, 0.1) is 10.1 Å². The first kappa shape index (κ1) is 40.7. The Morgan fingerprint density at radius 2 is 1.03 bits per heavy atom. The number of nitrogen functional groups attached to an aromatic ring is 1. The number of nitrogens with zero attached hydrogens (tertiary/aromatic N) is 9. The van der Waals surface area contributed by atoms with E-state index in [4.69, 9.17) is 10.7 Å². The Morgan fingerprint density at radius 1 is 0.581 bits per heavy atom. The number of imidazole rings is 2. The summed E-state index contributed by atoms with van der Waals surface area (Å²) in [6.07, 6.45) is 3.84. The molecule has 2 saturated heterocycles. The number of benzene rings is 4. The Hall–Kier alpha value is -6.72. The molecule has 0 bridgehead atoms. The number of piperazine rings is 2. The fraction of sp³-hybridized carbons (Fsp3) is 0.217. The summed E-state index contributed by atoms with van der Waals surface area (Å²) in [4.78, 5) is 55.7. The third kappa shape index (κ3) is 8.99. The van der Waals surface area contributed by atoms with Crippen molar-refractivity contribution in [2.75, 3.05) is 45.0 Å². The summed E-state index contributed by atoms with van der Waals surface area (Å²) in [5.41, 5.74) is 14.2. The Labute approximate surface area is 365 Å². The van der Waals surface area contributed by atoms with E-state index in [1.807, 2.05) is 92.6 Å². The van der Waals surface area contributed by atoms with Crippen LogP contribution in [0.3, 0.4) is 0 Å². The van der Waals surface area contributed by atoms with Crippen LogP contribution in [-0.2, 0) is 35.8 Å². The number of nitrogens with two attached hydrogens (primary N) is 1. The van der Waals surface area contributed by atoms with Gasteiger partial charge in [0, 0.05) is 79.7 Å². The van der Waals surface area contributed by atoms with Crippen LogP contribution >= 0.6 is 22.7 Å². The van der Waals surface area contributed by atoms with Crippen molar-refractivity contribution in [3.8, 4) is 22.5 Å². The van der Waals surface area contributed by atoms with E-state index < -0.39 is 4.92 Å². The number of nitro groups is 1. The number of nitro benzene ring substituents is 1. The van der Waals surface area contributed by atoms with Crippen molar-refractivity contribution in [3.05, 3.63) is 165 Å². The molecule has 2 aliphatic heterocycles. The van der Waals surface area contributed by atoms with Crippen LogP contribution in [0.2, 0.25) is 0 Å². The lowest BCUT2D eigenvalue weighted by atomic mass is 10.1.